The van der Waals surface area contributed by atoms with E-state index in [4.69, 9.17) is 9.47 Å². The molecule has 0 saturated carbocycles. The van der Waals surface area contributed by atoms with E-state index in [2.05, 4.69) is 16.4 Å². The van der Waals surface area contributed by atoms with Gasteiger partial charge < -0.3 is 29.5 Å². The van der Waals surface area contributed by atoms with Crippen molar-refractivity contribution in [3.8, 4) is 11.5 Å². The van der Waals surface area contributed by atoms with E-state index in [9.17, 15) is 14.4 Å². The molecule has 0 radical (unpaired) electrons. The Labute approximate surface area is 265 Å². The Morgan fingerprint density at radius 1 is 0.911 bits per heavy atom. The number of nitrogens with zero attached hydrogens (tertiary/aromatic N) is 4. The zero-order valence-corrected chi connectivity index (χ0v) is 26.9. The number of methoxy groups -OCH3 is 1. The molecule has 0 unspecified atom stereocenters. The molecule has 0 spiro atoms. The van der Waals surface area contributed by atoms with Crippen LogP contribution in [0, 0.1) is 5.41 Å². The van der Waals surface area contributed by atoms with E-state index >= 15 is 0 Å². The number of anilines is 3. The van der Waals surface area contributed by atoms with Gasteiger partial charge in [-0.15, -0.1) is 0 Å². The molecule has 3 heterocycles. The summed E-state index contributed by atoms with van der Waals surface area (Å²) in [6, 6.07) is 15.6. The molecule has 2 aliphatic rings. The van der Waals surface area contributed by atoms with Crippen molar-refractivity contribution in [1.82, 2.24) is 10.3 Å². The SMILES string of the molecule is CCN1C(=O)C(C)(C)C(=O)N(C)c2cc(OCCCNCc3ccnc(CCN4C(=O)CCc5ccc(OC)cc54)c3)ccc21. The zero-order valence-electron chi connectivity index (χ0n) is 26.9. The van der Waals surface area contributed by atoms with Gasteiger partial charge >= 0.3 is 0 Å². The van der Waals surface area contributed by atoms with Crippen LogP contribution in [0.15, 0.2) is 54.7 Å². The summed E-state index contributed by atoms with van der Waals surface area (Å²) in [6.45, 7) is 8.26. The van der Waals surface area contributed by atoms with Crippen molar-refractivity contribution in [2.24, 2.45) is 5.41 Å². The number of benzene rings is 2. The molecule has 1 aromatic heterocycles. The second-order valence-corrected chi connectivity index (χ2v) is 12.0. The lowest BCUT2D eigenvalue weighted by Crippen LogP contribution is -2.47. The van der Waals surface area contributed by atoms with Gasteiger partial charge in [-0.1, -0.05) is 6.07 Å². The molecule has 2 aromatic carbocycles. The first-order chi connectivity index (χ1) is 21.6. The van der Waals surface area contributed by atoms with E-state index in [1.54, 1.807) is 37.8 Å². The molecule has 5 rings (SSSR count). The molecule has 45 heavy (non-hydrogen) atoms. The fourth-order valence-electron chi connectivity index (χ4n) is 5.98. The fraction of sp³-hybridized carbons (Fsp3) is 0.429. The third-order valence-corrected chi connectivity index (χ3v) is 8.60. The molecular formula is C35H43N5O5. The number of hydrogen-bond acceptors (Lipinski definition) is 7. The number of rotatable bonds is 12. The van der Waals surface area contributed by atoms with Gasteiger partial charge in [-0.05, 0) is 81.6 Å². The van der Waals surface area contributed by atoms with Gasteiger partial charge in [0.25, 0.3) is 0 Å². The Morgan fingerprint density at radius 3 is 2.47 bits per heavy atom. The number of pyridine rings is 1. The summed E-state index contributed by atoms with van der Waals surface area (Å²) >= 11 is 0. The Bertz CT molecular complexity index is 1570. The van der Waals surface area contributed by atoms with Crippen LogP contribution in [0.2, 0.25) is 0 Å². The van der Waals surface area contributed by atoms with E-state index < -0.39 is 5.41 Å². The van der Waals surface area contributed by atoms with E-state index in [0.29, 0.717) is 56.2 Å². The van der Waals surface area contributed by atoms with Crippen LogP contribution >= 0.6 is 0 Å². The molecule has 1 N–H and O–H groups in total. The Hall–Kier alpha value is -4.44. The third-order valence-electron chi connectivity index (χ3n) is 8.60. The van der Waals surface area contributed by atoms with Crippen molar-refractivity contribution < 1.29 is 23.9 Å². The van der Waals surface area contributed by atoms with Crippen LogP contribution in [0.5, 0.6) is 11.5 Å². The van der Waals surface area contributed by atoms with Gasteiger partial charge in [0, 0.05) is 63.5 Å². The molecular weight excluding hydrogens is 570 g/mol. The summed E-state index contributed by atoms with van der Waals surface area (Å²) in [5.41, 5.74) is 4.40. The van der Waals surface area contributed by atoms with Crippen LogP contribution in [0.25, 0.3) is 0 Å². The van der Waals surface area contributed by atoms with Crippen molar-refractivity contribution in [1.29, 1.82) is 0 Å². The van der Waals surface area contributed by atoms with Gasteiger partial charge in [-0.2, -0.15) is 0 Å². The Kier molecular flexibility index (Phi) is 9.72. The largest absolute Gasteiger partial charge is 0.497 e. The van der Waals surface area contributed by atoms with Gasteiger partial charge in [0.15, 0.2) is 0 Å². The summed E-state index contributed by atoms with van der Waals surface area (Å²) in [7, 11) is 3.34. The number of amides is 3. The maximum absolute atomic E-state index is 13.1. The number of carbonyl (C=O) groups is 3. The van der Waals surface area contributed by atoms with E-state index in [-0.39, 0.29) is 17.7 Å². The van der Waals surface area contributed by atoms with Crippen LogP contribution in [-0.2, 0) is 33.8 Å². The van der Waals surface area contributed by atoms with Crippen molar-refractivity contribution in [3.05, 3.63) is 71.5 Å². The first kappa shape index (κ1) is 32.0. The lowest BCUT2D eigenvalue weighted by Gasteiger charge is -2.29. The van der Waals surface area contributed by atoms with Crippen LogP contribution in [0.1, 0.15) is 50.4 Å². The molecule has 10 nitrogen and oxygen atoms in total. The maximum Gasteiger partial charge on any atom is 0.242 e. The molecule has 0 fully saturated rings. The number of hydrogen-bond donors (Lipinski definition) is 1. The second-order valence-electron chi connectivity index (χ2n) is 12.0. The minimum Gasteiger partial charge on any atom is -0.497 e. The molecule has 3 aromatic rings. The highest BCUT2D eigenvalue weighted by Crippen LogP contribution is 2.40. The van der Waals surface area contributed by atoms with Crippen LogP contribution < -0.4 is 29.5 Å². The van der Waals surface area contributed by atoms with E-state index in [1.165, 1.54) is 5.56 Å². The monoisotopic (exact) mass is 613 g/mol. The maximum atomic E-state index is 13.1. The summed E-state index contributed by atoms with van der Waals surface area (Å²) in [6.07, 6.45) is 4.53. The normalized spacial score (nSPS) is 15.9. The van der Waals surface area contributed by atoms with Crippen molar-refractivity contribution in [3.63, 3.8) is 0 Å². The average molecular weight is 614 g/mol. The molecule has 3 amide bonds. The van der Waals surface area contributed by atoms with Gasteiger partial charge in [0.1, 0.15) is 16.9 Å². The van der Waals surface area contributed by atoms with Crippen LogP contribution in [-0.4, -0.2) is 63.1 Å². The second kappa shape index (κ2) is 13.7. The lowest BCUT2D eigenvalue weighted by atomic mass is 9.90. The van der Waals surface area contributed by atoms with E-state index in [0.717, 1.165) is 42.1 Å². The predicted octanol–water partition coefficient (Wildman–Crippen LogP) is 4.53. The number of carbonyl (C=O) groups excluding carboxylic acids is 3. The molecule has 0 atom stereocenters. The first-order valence-corrected chi connectivity index (χ1v) is 15.6. The summed E-state index contributed by atoms with van der Waals surface area (Å²) in [5, 5.41) is 3.47. The highest BCUT2D eigenvalue weighted by Gasteiger charge is 2.45. The van der Waals surface area contributed by atoms with Crippen LogP contribution in [0.4, 0.5) is 17.1 Å². The average Bonchev–Trinajstić information content (AvgIpc) is 3.10. The molecule has 0 saturated heterocycles. The summed E-state index contributed by atoms with van der Waals surface area (Å²) in [5.74, 6) is 1.09. The number of aromatic nitrogens is 1. The summed E-state index contributed by atoms with van der Waals surface area (Å²) in [4.78, 5) is 48.5. The lowest BCUT2D eigenvalue weighted by molar-refractivity contribution is -0.137. The standard InChI is InChI=1S/C35H43N5O5/c1-6-39-29-12-11-28(22-31(29)38(4)33(42)35(2,3)34(39)43)45-19-7-16-36-23-24-14-17-37-26(20-24)15-18-40-30-21-27(44-5)10-8-25(30)9-13-32(40)41/h8,10-12,14,17,20-22,36H,6-7,9,13,15-16,18-19,23H2,1-5H3. The predicted molar refractivity (Wildman–Crippen MR) is 175 cm³/mol. The molecule has 0 aliphatic carbocycles. The number of nitrogens with one attached hydrogen (secondary N) is 1. The van der Waals surface area contributed by atoms with Crippen LogP contribution in [0.3, 0.4) is 0 Å². The minimum absolute atomic E-state index is 0.129. The highest BCUT2D eigenvalue weighted by molar-refractivity contribution is 6.20. The molecule has 0 bridgehead atoms. The Morgan fingerprint density at radius 2 is 1.69 bits per heavy atom. The van der Waals surface area contributed by atoms with Crippen molar-refractivity contribution in [2.45, 2.75) is 53.0 Å². The Balaban J connectivity index is 1.10. The highest BCUT2D eigenvalue weighted by atomic mass is 16.5. The molecule has 10 heteroatoms. The van der Waals surface area contributed by atoms with Crippen molar-refractivity contribution in [2.75, 3.05) is 55.1 Å². The zero-order chi connectivity index (χ0) is 32.1. The quantitative estimate of drug-likeness (QED) is 0.237. The fourth-order valence-corrected chi connectivity index (χ4v) is 5.98. The topological polar surface area (TPSA) is 104 Å². The third kappa shape index (κ3) is 6.81. The van der Waals surface area contributed by atoms with Crippen molar-refractivity contribution >= 4 is 34.8 Å². The van der Waals surface area contributed by atoms with Gasteiger partial charge in [-0.25, -0.2) is 0 Å². The number of ether oxygens (including phenoxy) is 2. The van der Waals surface area contributed by atoms with E-state index in [1.807, 2.05) is 60.5 Å². The minimum atomic E-state index is -1.14. The number of aryl methyl sites for hydroxylation is 1. The van der Waals surface area contributed by atoms with Gasteiger partial charge in [0.2, 0.25) is 17.7 Å². The van der Waals surface area contributed by atoms with Gasteiger partial charge in [-0.3, -0.25) is 19.4 Å². The smallest absolute Gasteiger partial charge is 0.242 e. The first-order valence-electron chi connectivity index (χ1n) is 15.6. The van der Waals surface area contributed by atoms with Gasteiger partial charge in [0.05, 0.1) is 30.8 Å². The number of fused-ring (bicyclic) bond motifs is 2. The molecule has 2 aliphatic heterocycles. The molecule has 238 valence electrons. The summed E-state index contributed by atoms with van der Waals surface area (Å²) < 4.78 is 11.4.